The normalized spacial score (nSPS) is 12.1. The molecule has 0 aliphatic heterocycles. The van der Waals surface area contributed by atoms with Crippen LogP contribution in [0.3, 0.4) is 0 Å². The van der Waals surface area contributed by atoms with Gasteiger partial charge in [-0.15, -0.1) is 0 Å². The van der Waals surface area contributed by atoms with Crippen LogP contribution in [-0.4, -0.2) is 23.5 Å². The molecule has 0 fully saturated rings. The van der Waals surface area contributed by atoms with Crippen LogP contribution >= 0.6 is 11.6 Å². The maximum Gasteiger partial charge on any atom is 0.328 e. The molecule has 110 valence electrons. The van der Waals surface area contributed by atoms with E-state index in [1.165, 1.54) is 18.2 Å². The molecule has 0 bridgehead atoms. The van der Waals surface area contributed by atoms with Crippen LogP contribution in [0.25, 0.3) is 0 Å². The lowest BCUT2D eigenvalue weighted by Crippen LogP contribution is -2.36. The van der Waals surface area contributed by atoms with Crippen molar-refractivity contribution in [2.45, 2.75) is 26.8 Å². The smallest absolute Gasteiger partial charge is 0.328 e. The average molecular weight is 301 g/mol. The van der Waals surface area contributed by atoms with E-state index in [0.29, 0.717) is 5.02 Å². The third kappa shape index (κ3) is 4.09. The summed E-state index contributed by atoms with van der Waals surface area (Å²) < 4.78 is 4.96. The van der Waals surface area contributed by atoms with Gasteiger partial charge in [0.1, 0.15) is 11.7 Å². The summed E-state index contributed by atoms with van der Waals surface area (Å²) in [6.07, 6.45) is 0. The Bertz CT molecular complexity index is 505. The molecular weight excluding hydrogens is 284 g/mol. The first-order valence-electron chi connectivity index (χ1n) is 6.24. The molecule has 0 aliphatic rings. The minimum atomic E-state index is -0.674. The number of esters is 1. The van der Waals surface area contributed by atoms with E-state index < -0.39 is 16.9 Å². The minimum absolute atomic E-state index is 0.0902. The van der Waals surface area contributed by atoms with E-state index in [4.69, 9.17) is 16.3 Å². The van der Waals surface area contributed by atoms with Crippen LogP contribution in [0.2, 0.25) is 5.02 Å². The zero-order valence-electron chi connectivity index (χ0n) is 11.6. The molecule has 1 N–H and O–H groups in total. The number of nitro benzene ring substituents is 1. The summed E-state index contributed by atoms with van der Waals surface area (Å²) in [5.41, 5.74) is 0.0681. The van der Waals surface area contributed by atoms with E-state index in [-0.39, 0.29) is 23.9 Å². The summed E-state index contributed by atoms with van der Waals surface area (Å²) in [5, 5.41) is 14.2. The molecule has 7 heteroatoms. The van der Waals surface area contributed by atoms with Gasteiger partial charge in [0.25, 0.3) is 5.69 Å². The van der Waals surface area contributed by atoms with Crippen molar-refractivity contribution >= 4 is 28.9 Å². The Kier molecular flexibility index (Phi) is 5.76. The van der Waals surface area contributed by atoms with E-state index in [9.17, 15) is 14.9 Å². The molecule has 0 heterocycles. The minimum Gasteiger partial charge on any atom is -0.464 e. The second-order valence-electron chi connectivity index (χ2n) is 4.54. The largest absolute Gasteiger partial charge is 0.464 e. The molecule has 0 aromatic heterocycles. The van der Waals surface area contributed by atoms with Gasteiger partial charge in [0.15, 0.2) is 0 Å². The first-order chi connectivity index (χ1) is 9.36. The first-order valence-corrected chi connectivity index (χ1v) is 6.61. The van der Waals surface area contributed by atoms with Crippen molar-refractivity contribution in [2.24, 2.45) is 5.92 Å². The standard InChI is InChI=1S/C13H17ClN2O4/c1-4-20-13(17)12(8(2)3)15-10-7-9(14)5-6-11(10)16(18)19/h5-8,12,15H,4H2,1-3H3. The zero-order valence-corrected chi connectivity index (χ0v) is 12.3. The zero-order chi connectivity index (χ0) is 15.3. The Morgan fingerprint density at radius 2 is 2.15 bits per heavy atom. The van der Waals surface area contributed by atoms with Crippen molar-refractivity contribution in [1.29, 1.82) is 0 Å². The van der Waals surface area contributed by atoms with E-state index in [2.05, 4.69) is 5.32 Å². The van der Waals surface area contributed by atoms with E-state index in [1.807, 2.05) is 13.8 Å². The summed E-state index contributed by atoms with van der Waals surface area (Å²) in [6, 6.07) is 3.48. The fourth-order valence-corrected chi connectivity index (χ4v) is 1.85. The van der Waals surface area contributed by atoms with Crippen molar-refractivity contribution < 1.29 is 14.5 Å². The summed E-state index contributed by atoms with van der Waals surface area (Å²) >= 11 is 5.85. The number of nitrogens with one attached hydrogen (secondary N) is 1. The molecule has 1 aromatic rings. The van der Waals surface area contributed by atoms with Crippen molar-refractivity contribution in [3.05, 3.63) is 33.3 Å². The maximum atomic E-state index is 11.9. The number of anilines is 1. The van der Waals surface area contributed by atoms with Crippen LogP contribution in [-0.2, 0) is 9.53 Å². The third-order valence-electron chi connectivity index (χ3n) is 2.67. The van der Waals surface area contributed by atoms with Gasteiger partial charge in [-0.3, -0.25) is 10.1 Å². The highest BCUT2D eigenvalue weighted by Crippen LogP contribution is 2.29. The van der Waals surface area contributed by atoms with Crippen LogP contribution in [0.4, 0.5) is 11.4 Å². The van der Waals surface area contributed by atoms with Crippen LogP contribution in [0, 0.1) is 16.0 Å². The second-order valence-corrected chi connectivity index (χ2v) is 4.97. The van der Waals surface area contributed by atoms with Crippen molar-refractivity contribution in [1.82, 2.24) is 0 Å². The molecule has 1 aromatic carbocycles. The lowest BCUT2D eigenvalue weighted by Gasteiger charge is -2.21. The number of carbonyl (C=O) groups is 1. The number of carbonyl (C=O) groups excluding carboxylic acids is 1. The first kappa shape index (κ1) is 16.2. The van der Waals surface area contributed by atoms with Gasteiger partial charge in [-0.05, 0) is 25.0 Å². The molecule has 6 nitrogen and oxygen atoms in total. The van der Waals surface area contributed by atoms with Gasteiger partial charge in [-0.2, -0.15) is 0 Å². The lowest BCUT2D eigenvalue weighted by molar-refractivity contribution is -0.384. The number of nitro groups is 1. The quantitative estimate of drug-likeness (QED) is 0.495. The molecule has 1 atom stereocenters. The Labute approximate surface area is 122 Å². The monoisotopic (exact) mass is 300 g/mol. The molecule has 0 amide bonds. The van der Waals surface area contributed by atoms with Crippen LogP contribution in [0.1, 0.15) is 20.8 Å². The molecule has 0 saturated heterocycles. The summed E-state index contributed by atoms with van der Waals surface area (Å²) in [7, 11) is 0. The Hall–Kier alpha value is -1.82. The highest BCUT2D eigenvalue weighted by Gasteiger charge is 2.26. The van der Waals surface area contributed by atoms with Gasteiger partial charge >= 0.3 is 5.97 Å². The predicted octanol–water partition coefficient (Wildman–Crippen LogP) is 3.25. The molecule has 1 unspecified atom stereocenters. The number of halogens is 1. The number of hydrogen-bond acceptors (Lipinski definition) is 5. The topological polar surface area (TPSA) is 81.5 Å². The maximum absolute atomic E-state index is 11.9. The molecule has 20 heavy (non-hydrogen) atoms. The molecule has 0 spiro atoms. The average Bonchev–Trinajstić information content (AvgIpc) is 2.35. The molecule has 0 saturated carbocycles. The van der Waals surface area contributed by atoms with Crippen molar-refractivity contribution in [3.8, 4) is 0 Å². The highest BCUT2D eigenvalue weighted by atomic mass is 35.5. The fourth-order valence-electron chi connectivity index (χ4n) is 1.68. The third-order valence-corrected chi connectivity index (χ3v) is 2.91. The van der Waals surface area contributed by atoms with Crippen molar-refractivity contribution in [3.63, 3.8) is 0 Å². The van der Waals surface area contributed by atoms with Crippen LogP contribution in [0.5, 0.6) is 0 Å². The highest BCUT2D eigenvalue weighted by molar-refractivity contribution is 6.31. The summed E-state index contributed by atoms with van der Waals surface area (Å²) in [5.74, 6) is -0.538. The Morgan fingerprint density at radius 3 is 2.65 bits per heavy atom. The van der Waals surface area contributed by atoms with E-state index in [1.54, 1.807) is 6.92 Å². The SMILES string of the molecule is CCOC(=O)C(Nc1cc(Cl)ccc1[N+](=O)[O-])C(C)C. The second kappa shape index (κ2) is 7.09. The lowest BCUT2D eigenvalue weighted by atomic mass is 10.0. The fraction of sp³-hybridized carbons (Fsp3) is 0.462. The molecule has 0 aliphatic carbocycles. The molecule has 1 rings (SSSR count). The van der Waals surface area contributed by atoms with Crippen LogP contribution in [0.15, 0.2) is 18.2 Å². The van der Waals surface area contributed by atoms with Gasteiger partial charge in [0.2, 0.25) is 0 Å². The molecule has 0 radical (unpaired) electrons. The number of benzene rings is 1. The summed E-state index contributed by atoms with van der Waals surface area (Å²) in [4.78, 5) is 22.3. The number of rotatable bonds is 6. The van der Waals surface area contributed by atoms with Gasteiger partial charge in [-0.1, -0.05) is 25.4 Å². The van der Waals surface area contributed by atoms with E-state index >= 15 is 0 Å². The predicted molar refractivity (Wildman–Crippen MR) is 77.0 cm³/mol. The molecular formula is C13H17ClN2O4. The van der Waals surface area contributed by atoms with Crippen molar-refractivity contribution in [2.75, 3.05) is 11.9 Å². The van der Waals surface area contributed by atoms with Gasteiger partial charge in [-0.25, -0.2) is 4.79 Å². The Balaban J connectivity index is 3.07. The van der Waals surface area contributed by atoms with Gasteiger partial charge in [0, 0.05) is 11.1 Å². The number of nitrogens with zero attached hydrogens (tertiary/aromatic N) is 1. The van der Waals surface area contributed by atoms with Gasteiger partial charge in [0.05, 0.1) is 11.5 Å². The number of ether oxygens (including phenoxy) is 1. The van der Waals surface area contributed by atoms with Gasteiger partial charge < -0.3 is 10.1 Å². The Morgan fingerprint density at radius 1 is 1.50 bits per heavy atom. The summed E-state index contributed by atoms with van der Waals surface area (Å²) in [6.45, 7) is 5.61. The van der Waals surface area contributed by atoms with Crippen LogP contribution < -0.4 is 5.32 Å². The van der Waals surface area contributed by atoms with E-state index in [0.717, 1.165) is 0 Å². The number of hydrogen-bond donors (Lipinski definition) is 1.